The molecule has 0 saturated carbocycles. The van der Waals surface area contributed by atoms with E-state index in [9.17, 15) is 0 Å². The van der Waals surface area contributed by atoms with Crippen molar-refractivity contribution in [3.8, 4) is 6.07 Å². The molecule has 0 N–H and O–H groups in total. The Morgan fingerprint density at radius 3 is 2.92 bits per heavy atom. The normalized spacial score (nSPS) is 24.6. The summed E-state index contributed by atoms with van der Waals surface area (Å²) in [5, 5.41) is 8.81. The van der Waals surface area contributed by atoms with Crippen molar-refractivity contribution in [1.29, 1.82) is 5.26 Å². The van der Waals surface area contributed by atoms with E-state index in [1.165, 1.54) is 25.9 Å². The zero-order chi connectivity index (χ0) is 9.68. The van der Waals surface area contributed by atoms with Gasteiger partial charge >= 0.3 is 0 Å². The van der Waals surface area contributed by atoms with Crippen LogP contribution in [-0.2, 0) is 0 Å². The van der Waals surface area contributed by atoms with Gasteiger partial charge in [-0.05, 0) is 38.3 Å². The van der Waals surface area contributed by atoms with Crippen LogP contribution in [0.3, 0.4) is 0 Å². The van der Waals surface area contributed by atoms with Crippen molar-refractivity contribution in [2.45, 2.75) is 33.1 Å². The van der Waals surface area contributed by atoms with Crippen molar-refractivity contribution in [1.82, 2.24) is 4.90 Å². The molecule has 0 spiro atoms. The Morgan fingerprint density at radius 1 is 1.54 bits per heavy atom. The van der Waals surface area contributed by atoms with E-state index in [4.69, 9.17) is 5.26 Å². The molecular formula is C11H20N2. The van der Waals surface area contributed by atoms with Crippen LogP contribution in [0.15, 0.2) is 0 Å². The van der Waals surface area contributed by atoms with Crippen LogP contribution in [0.2, 0.25) is 0 Å². The molecule has 1 aliphatic heterocycles. The predicted molar refractivity (Wildman–Crippen MR) is 54.2 cm³/mol. The summed E-state index contributed by atoms with van der Waals surface area (Å²) in [6.45, 7) is 7.89. The standard InChI is InChI=1S/C11H20N2/c1-10(2)5-7-13-6-3-4-11(8-12)9-13/h10-11H,3-7,9H2,1-2H3. The van der Waals surface area contributed by atoms with Gasteiger partial charge in [0.25, 0.3) is 0 Å². The Morgan fingerprint density at radius 2 is 2.31 bits per heavy atom. The smallest absolute Gasteiger partial charge is 0.0669 e. The lowest BCUT2D eigenvalue weighted by Crippen LogP contribution is -2.35. The SMILES string of the molecule is CC(C)CCN1CCCC(C#N)C1. The van der Waals surface area contributed by atoms with E-state index in [2.05, 4.69) is 24.8 Å². The van der Waals surface area contributed by atoms with Gasteiger partial charge < -0.3 is 4.90 Å². The first kappa shape index (κ1) is 10.5. The fourth-order valence-corrected chi connectivity index (χ4v) is 1.80. The topological polar surface area (TPSA) is 27.0 Å². The molecular weight excluding hydrogens is 160 g/mol. The lowest BCUT2D eigenvalue weighted by atomic mass is 9.99. The lowest BCUT2D eigenvalue weighted by Gasteiger charge is -2.29. The quantitative estimate of drug-likeness (QED) is 0.666. The molecule has 0 aromatic rings. The van der Waals surface area contributed by atoms with E-state index in [0.717, 1.165) is 18.9 Å². The average molecular weight is 180 g/mol. The summed E-state index contributed by atoms with van der Waals surface area (Å²) < 4.78 is 0. The molecule has 1 unspecified atom stereocenters. The molecule has 0 radical (unpaired) electrons. The van der Waals surface area contributed by atoms with E-state index in [1.54, 1.807) is 0 Å². The Hall–Kier alpha value is -0.550. The van der Waals surface area contributed by atoms with E-state index in [-0.39, 0.29) is 0 Å². The zero-order valence-corrected chi connectivity index (χ0v) is 8.79. The van der Waals surface area contributed by atoms with Crippen LogP contribution >= 0.6 is 0 Å². The van der Waals surface area contributed by atoms with Crippen LogP contribution in [-0.4, -0.2) is 24.5 Å². The van der Waals surface area contributed by atoms with Crippen LogP contribution < -0.4 is 0 Å². The maximum atomic E-state index is 8.81. The average Bonchev–Trinajstić information content (AvgIpc) is 2.15. The van der Waals surface area contributed by atoms with Gasteiger partial charge in [-0.25, -0.2) is 0 Å². The molecule has 1 saturated heterocycles. The van der Waals surface area contributed by atoms with Gasteiger partial charge in [0.1, 0.15) is 0 Å². The Labute approximate surface area is 81.5 Å². The first-order valence-corrected chi connectivity index (χ1v) is 5.34. The summed E-state index contributed by atoms with van der Waals surface area (Å²) in [5.41, 5.74) is 0. The molecule has 2 nitrogen and oxygen atoms in total. The summed E-state index contributed by atoms with van der Waals surface area (Å²) in [6, 6.07) is 2.38. The van der Waals surface area contributed by atoms with Crippen molar-refractivity contribution in [3.05, 3.63) is 0 Å². The molecule has 0 aromatic heterocycles. The predicted octanol–water partition coefficient (Wildman–Crippen LogP) is 2.27. The maximum absolute atomic E-state index is 8.81. The number of hydrogen-bond donors (Lipinski definition) is 0. The van der Waals surface area contributed by atoms with E-state index >= 15 is 0 Å². The molecule has 1 rings (SSSR count). The minimum Gasteiger partial charge on any atom is -0.302 e. The molecule has 74 valence electrons. The fourth-order valence-electron chi connectivity index (χ4n) is 1.80. The first-order valence-electron chi connectivity index (χ1n) is 5.34. The van der Waals surface area contributed by atoms with Crippen LogP contribution in [0.1, 0.15) is 33.1 Å². The number of nitriles is 1. The van der Waals surface area contributed by atoms with E-state index in [1.807, 2.05) is 0 Å². The lowest BCUT2D eigenvalue weighted by molar-refractivity contribution is 0.190. The van der Waals surface area contributed by atoms with Gasteiger partial charge in [-0.15, -0.1) is 0 Å². The molecule has 13 heavy (non-hydrogen) atoms. The molecule has 0 aliphatic carbocycles. The van der Waals surface area contributed by atoms with Gasteiger partial charge in [0.05, 0.1) is 12.0 Å². The van der Waals surface area contributed by atoms with Crippen LogP contribution in [0.4, 0.5) is 0 Å². The second kappa shape index (κ2) is 5.24. The molecule has 1 atom stereocenters. The number of rotatable bonds is 3. The van der Waals surface area contributed by atoms with Gasteiger partial charge in [0.2, 0.25) is 0 Å². The monoisotopic (exact) mass is 180 g/mol. The van der Waals surface area contributed by atoms with Crippen molar-refractivity contribution in [2.75, 3.05) is 19.6 Å². The third-order valence-electron chi connectivity index (χ3n) is 2.71. The van der Waals surface area contributed by atoms with E-state index in [0.29, 0.717) is 5.92 Å². The second-order valence-corrected chi connectivity index (χ2v) is 4.45. The fraction of sp³-hybridized carbons (Fsp3) is 0.909. The highest BCUT2D eigenvalue weighted by molar-refractivity contribution is 4.88. The van der Waals surface area contributed by atoms with Crippen molar-refractivity contribution in [3.63, 3.8) is 0 Å². The molecule has 0 bridgehead atoms. The third-order valence-corrected chi connectivity index (χ3v) is 2.71. The molecule has 1 heterocycles. The third kappa shape index (κ3) is 3.78. The van der Waals surface area contributed by atoms with Gasteiger partial charge in [0, 0.05) is 6.54 Å². The highest BCUT2D eigenvalue weighted by Crippen LogP contribution is 2.16. The number of likely N-dealkylation sites (tertiary alicyclic amines) is 1. The number of piperidine rings is 1. The highest BCUT2D eigenvalue weighted by atomic mass is 15.1. The molecule has 2 heteroatoms. The molecule has 1 aliphatic rings. The summed E-state index contributed by atoms with van der Waals surface area (Å²) in [7, 11) is 0. The van der Waals surface area contributed by atoms with Gasteiger partial charge in [-0.2, -0.15) is 5.26 Å². The van der Waals surface area contributed by atoms with E-state index < -0.39 is 0 Å². The summed E-state index contributed by atoms with van der Waals surface area (Å²) >= 11 is 0. The van der Waals surface area contributed by atoms with Crippen LogP contribution in [0.25, 0.3) is 0 Å². The van der Waals surface area contributed by atoms with Gasteiger partial charge in [-0.1, -0.05) is 13.8 Å². The first-order chi connectivity index (χ1) is 6.22. The number of nitrogens with zero attached hydrogens (tertiary/aromatic N) is 2. The Bertz CT molecular complexity index is 181. The van der Waals surface area contributed by atoms with Gasteiger partial charge in [-0.3, -0.25) is 0 Å². The molecule has 1 fully saturated rings. The number of hydrogen-bond acceptors (Lipinski definition) is 2. The minimum absolute atomic E-state index is 0.293. The summed E-state index contributed by atoms with van der Waals surface area (Å²) in [6.07, 6.45) is 3.57. The van der Waals surface area contributed by atoms with Crippen molar-refractivity contribution >= 4 is 0 Å². The Kier molecular flexibility index (Phi) is 4.24. The molecule has 0 amide bonds. The second-order valence-electron chi connectivity index (χ2n) is 4.45. The largest absolute Gasteiger partial charge is 0.302 e. The highest BCUT2D eigenvalue weighted by Gasteiger charge is 2.18. The van der Waals surface area contributed by atoms with Crippen LogP contribution in [0, 0.1) is 23.2 Å². The zero-order valence-electron chi connectivity index (χ0n) is 8.79. The Balaban J connectivity index is 2.23. The molecule has 0 aromatic carbocycles. The van der Waals surface area contributed by atoms with Crippen molar-refractivity contribution in [2.24, 2.45) is 11.8 Å². The van der Waals surface area contributed by atoms with Crippen molar-refractivity contribution < 1.29 is 0 Å². The van der Waals surface area contributed by atoms with Crippen LogP contribution in [0.5, 0.6) is 0 Å². The minimum atomic E-state index is 0.293. The summed E-state index contributed by atoms with van der Waals surface area (Å²) in [4.78, 5) is 2.44. The summed E-state index contributed by atoms with van der Waals surface area (Å²) in [5.74, 6) is 1.07. The maximum Gasteiger partial charge on any atom is 0.0669 e. The van der Waals surface area contributed by atoms with Gasteiger partial charge in [0.15, 0.2) is 0 Å².